The van der Waals surface area contributed by atoms with Crippen LogP contribution in [0.15, 0.2) is 54.6 Å². The lowest BCUT2D eigenvalue weighted by molar-refractivity contribution is 0.0660. The monoisotopic (exact) mass is 357 g/mol. The Labute approximate surface area is 159 Å². The highest BCUT2D eigenvalue weighted by Crippen LogP contribution is 2.45. The number of aryl methyl sites for hydroxylation is 1. The Morgan fingerprint density at radius 2 is 1.70 bits per heavy atom. The third-order valence-electron chi connectivity index (χ3n) is 5.96. The predicted octanol–water partition coefficient (Wildman–Crippen LogP) is 4.87. The Morgan fingerprint density at radius 1 is 1.00 bits per heavy atom. The molecule has 1 amide bonds. The zero-order chi connectivity index (χ0) is 18.4. The van der Waals surface area contributed by atoms with Crippen molar-refractivity contribution in [1.82, 2.24) is 15.1 Å². The predicted molar refractivity (Wildman–Crippen MR) is 105 cm³/mol. The number of nitrogens with zero attached hydrogens (tertiary/aromatic N) is 2. The van der Waals surface area contributed by atoms with Gasteiger partial charge < -0.3 is 4.90 Å². The number of amides is 1. The van der Waals surface area contributed by atoms with Crippen molar-refractivity contribution in [3.05, 3.63) is 77.0 Å². The summed E-state index contributed by atoms with van der Waals surface area (Å²) < 4.78 is 0. The van der Waals surface area contributed by atoms with E-state index in [9.17, 15) is 4.79 Å². The summed E-state index contributed by atoms with van der Waals surface area (Å²) >= 11 is 0. The maximum absolute atomic E-state index is 13.3. The molecule has 2 aromatic carbocycles. The van der Waals surface area contributed by atoms with E-state index in [1.54, 1.807) is 0 Å². The summed E-state index contributed by atoms with van der Waals surface area (Å²) in [6.45, 7) is 2.09. The second-order valence-corrected chi connectivity index (χ2v) is 7.69. The van der Waals surface area contributed by atoms with Crippen molar-refractivity contribution in [1.29, 1.82) is 0 Å². The molecule has 4 heteroatoms. The largest absolute Gasteiger partial charge is 0.323 e. The van der Waals surface area contributed by atoms with Crippen molar-refractivity contribution >= 4 is 5.91 Å². The smallest absolute Gasteiger partial charge is 0.273 e. The Hall–Kier alpha value is -2.88. The zero-order valence-corrected chi connectivity index (χ0v) is 15.5. The van der Waals surface area contributed by atoms with Crippen molar-refractivity contribution in [3.63, 3.8) is 0 Å². The summed E-state index contributed by atoms with van der Waals surface area (Å²) in [4.78, 5) is 15.5. The van der Waals surface area contributed by atoms with Crippen LogP contribution < -0.4 is 0 Å². The van der Waals surface area contributed by atoms with Crippen LogP contribution in [-0.2, 0) is 0 Å². The Balaban J connectivity index is 1.68. The van der Waals surface area contributed by atoms with Crippen LogP contribution in [0, 0.1) is 6.92 Å². The fourth-order valence-corrected chi connectivity index (χ4v) is 4.62. The van der Waals surface area contributed by atoms with Crippen molar-refractivity contribution in [2.24, 2.45) is 0 Å². The molecule has 0 saturated heterocycles. The van der Waals surface area contributed by atoms with Crippen LogP contribution in [0.3, 0.4) is 0 Å². The molecule has 1 atom stereocenters. The van der Waals surface area contributed by atoms with E-state index >= 15 is 0 Å². The van der Waals surface area contributed by atoms with Gasteiger partial charge >= 0.3 is 0 Å². The molecule has 0 bridgehead atoms. The van der Waals surface area contributed by atoms with Gasteiger partial charge in [-0.05, 0) is 25.3 Å². The first-order valence-corrected chi connectivity index (χ1v) is 9.77. The minimum atomic E-state index is -0.0647. The number of aromatic nitrogens is 2. The molecular weight excluding hydrogens is 334 g/mol. The zero-order valence-electron chi connectivity index (χ0n) is 15.5. The van der Waals surface area contributed by atoms with Crippen LogP contribution >= 0.6 is 0 Å². The Bertz CT molecular complexity index is 969. The summed E-state index contributed by atoms with van der Waals surface area (Å²) in [5, 5.41) is 7.60. The molecule has 1 unspecified atom stereocenters. The second-order valence-electron chi connectivity index (χ2n) is 7.69. The highest BCUT2D eigenvalue weighted by atomic mass is 16.2. The molecule has 5 rings (SSSR count). The van der Waals surface area contributed by atoms with E-state index in [0.29, 0.717) is 11.7 Å². The SMILES string of the molecule is Cc1ccc(C2c3c(-c4ccccc4)n[nH]c3C(=O)N2C2CCCC2)cc1. The molecule has 1 saturated carbocycles. The third kappa shape index (κ3) is 2.59. The van der Waals surface area contributed by atoms with Crippen molar-refractivity contribution in [2.45, 2.75) is 44.7 Å². The third-order valence-corrected chi connectivity index (χ3v) is 5.96. The first-order chi connectivity index (χ1) is 13.2. The van der Waals surface area contributed by atoms with Gasteiger partial charge in [0.1, 0.15) is 5.69 Å². The first kappa shape index (κ1) is 16.3. The Morgan fingerprint density at radius 3 is 2.41 bits per heavy atom. The number of aromatic amines is 1. The number of nitrogens with one attached hydrogen (secondary N) is 1. The van der Waals surface area contributed by atoms with Crippen molar-refractivity contribution in [3.8, 4) is 11.3 Å². The molecule has 0 spiro atoms. The first-order valence-electron chi connectivity index (χ1n) is 9.77. The fourth-order valence-electron chi connectivity index (χ4n) is 4.62. The number of hydrogen-bond acceptors (Lipinski definition) is 2. The molecule has 0 radical (unpaired) electrons. The fraction of sp³-hybridized carbons (Fsp3) is 0.304. The standard InChI is InChI=1S/C23H23N3O/c1-15-11-13-17(14-12-15)22-19-20(16-7-3-2-4-8-16)24-25-21(19)23(27)26(22)18-9-5-6-10-18/h2-4,7-8,11-14,18,22H,5-6,9-10H2,1H3,(H,24,25). The minimum Gasteiger partial charge on any atom is -0.323 e. The molecule has 3 aromatic rings. The second kappa shape index (κ2) is 6.38. The van der Waals surface area contributed by atoms with Crippen LogP contribution in [0.4, 0.5) is 0 Å². The summed E-state index contributed by atoms with van der Waals surface area (Å²) in [5.41, 5.74) is 6.02. The van der Waals surface area contributed by atoms with Gasteiger partial charge in [-0.1, -0.05) is 73.0 Å². The van der Waals surface area contributed by atoms with Gasteiger partial charge in [-0.25, -0.2) is 0 Å². The van der Waals surface area contributed by atoms with Crippen LogP contribution in [-0.4, -0.2) is 27.0 Å². The van der Waals surface area contributed by atoms with Crippen LogP contribution in [0.1, 0.15) is 58.9 Å². The quantitative estimate of drug-likeness (QED) is 0.727. The molecule has 1 fully saturated rings. The molecule has 1 aliphatic heterocycles. The molecule has 27 heavy (non-hydrogen) atoms. The highest BCUT2D eigenvalue weighted by molar-refractivity contribution is 6.00. The number of hydrogen-bond donors (Lipinski definition) is 1. The molecular formula is C23H23N3O. The average molecular weight is 357 g/mol. The van der Waals surface area contributed by atoms with Gasteiger partial charge in [0.2, 0.25) is 0 Å². The number of fused-ring (bicyclic) bond motifs is 1. The summed E-state index contributed by atoms with van der Waals surface area (Å²) in [5.74, 6) is 0.0946. The molecule has 136 valence electrons. The lowest BCUT2D eigenvalue weighted by Crippen LogP contribution is -2.37. The number of rotatable bonds is 3. The van der Waals surface area contributed by atoms with Crippen LogP contribution in [0.5, 0.6) is 0 Å². The molecule has 1 aliphatic carbocycles. The van der Waals surface area contributed by atoms with Gasteiger partial charge in [-0.3, -0.25) is 9.89 Å². The van der Waals surface area contributed by atoms with Gasteiger partial charge in [0.05, 0.1) is 11.7 Å². The summed E-state index contributed by atoms with van der Waals surface area (Å²) in [6.07, 6.45) is 4.58. The van der Waals surface area contributed by atoms with E-state index in [4.69, 9.17) is 0 Å². The molecule has 1 aromatic heterocycles. The molecule has 1 N–H and O–H groups in total. The molecule has 2 aliphatic rings. The van der Waals surface area contributed by atoms with Gasteiger partial charge in [-0.15, -0.1) is 0 Å². The number of H-pyrrole nitrogens is 1. The van der Waals surface area contributed by atoms with Gasteiger partial charge in [0.25, 0.3) is 5.91 Å². The maximum Gasteiger partial charge on any atom is 0.273 e. The number of benzene rings is 2. The lowest BCUT2D eigenvalue weighted by Gasteiger charge is -2.32. The van der Waals surface area contributed by atoms with E-state index in [-0.39, 0.29) is 11.9 Å². The highest BCUT2D eigenvalue weighted by Gasteiger charge is 2.45. The number of carbonyl (C=O) groups excluding carboxylic acids is 1. The van der Waals surface area contributed by atoms with E-state index < -0.39 is 0 Å². The topological polar surface area (TPSA) is 49.0 Å². The van der Waals surface area contributed by atoms with E-state index in [2.05, 4.69) is 58.4 Å². The van der Waals surface area contributed by atoms with E-state index in [1.165, 1.54) is 18.4 Å². The summed E-state index contributed by atoms with van der Waals surface area (Å²) in [7, 11) is 0. The van der Waals surface area contributed by atoms with Gasteiger partial charge in [-0.2, -0.15) is 5.10 Å². The molecule has 2 heterocycles. The number of carbonyl (C=O) groups is 1. The van der Waals surface area contributed by atoms with Crippen LogP contribution in [0.25, 0.3) is 11.3 Å². The normalized spacial score (nSPS) is 19.7. The van der Waals surface area contributed by atoms with E-state index in [1.807, 2.05) is 18.2 Å². The van der Waals surface area contributed by atoms with Crippen molar-refractivity contribution in [2.75, 3.05) is 0 Å². The van der Waals surface area contributed by atoms with Crippen molar-refractivity contribution < 1.29 is 4.79 Å². The molecule has 4 nitrogen and oxygen atoms in total. The average Bonchev–Trinajstić information content (AvgIpc) is 3.41. The minimum absolute atomic E-state index is 0.0647. The van der Waals surface area contributed by atoms with Gasteiger partial charge in [0.15, 0.2) is 0 Å². The Kier molecular flexibility index (Phi) is 3.85. The van der Waals surface area contributed by atoms with E-state index in [0.717, 1.165) is 35.2 Å². The maximum atomic E-state index is 13.3. The lowest BCUT2D eigenvalue weighted by atomic mass is 9.95. The van der Waals surface area contributed by atoms with Gasteiger partial charge in [0, 0.05) is 17.2 Å². The van der Waals surface area contributed by atoms with Crippen LogP contribution in [0.2, 0.25) is 0 Å². The summed E-state index contributed by atoms with van der Waals surface area (Å²) in [6, 6.07) is 19.0.